The minimum absolute atomic E-state index is 0.0138. The number of nitrogens with one attached hydrogen (secondary N) is 3. The van der Waals surface area contributed by atoms with Crippen molar-refractivity contribution in [3.63, 3.8) is 0 Å². The van der Waals surface area contributed by atoms with E-state index >= 15 is 0 Å². The highest BCUT2D eigenvalue weighted by Crippen LogP contribution is 2.43. The number of nitrogens with zero attached hydrogens (tertiary/aromatic N) is 3. The second kappa shape index (κ2) is 12.0. The summed E-state index contributed by atoms with van der Waals surface area (Å²) in [4.78, 5) is 62.6. The van der Waals surface area contributed by atoms with Gasteiger partial charge in [0.15, 0.2) is 0 Å². The van der Waals surface area contributed by atoms with Crippen LogP contribution >= 0.6 is 34.5 Å². The van der Waals surface area contributed by atoms with Gasteiger partial charge in [-0.15, -0.1) is 11.3 Å². The number of aromatic nitrogens is 2. The van der Waals surface area contributed by atoms with Crippen LogP contribution in [0.1, 0.15) is 40.5 Å². The third-order valence-electron chi connectivity index (χ3n) is 7.52. The second-order valence-electron chi connectivity index (χ2n) is 12.1. The number of amides is 4. The largest absolute Gasteiger partial charge is 0.479 e. The molecule has 234 valence electrons. The van der Waals surface area contributed by atoms with Gasteiger partial charge in [0.25, 0.3) is 0 Å². The number of carboxylic acid groups (broad SMARTS) is 1. The fourth-order valence-electron chi connectivity index (χ4n) is 5.15. The number of carbonyl (C=O) groups is 4. The standard InChI is InChI=1S/C29H32Cl2N6O6S/c1-14-11-29(14,26(40)41)35-24(39)20-8-15(13-37(20)22(38)12-32-27(42)36-28(2,3)4)43-25-23(21-6-5-7-44-21)33-18-9-16(30)17(31)10-19(18)34-25/h5-7,9-10,14-15,20H,8,11-13H2,1-4H3,(H,35,39)(H,40,41)(H2,32,36,42). The quantitative estimate of drug-likeness (QED) is 0.280. The van der Waals surface area contributed by atoms with E-state index < -0.39 is 47.0 Å². The summed E-state index contributed by atoms with van der Waals surface area (Å²) in [6, 6.07) is 5.33. The molecule has 4 unspecified atom stereocenters. The Morgan fingerprint density at radius 1 is 1.16 bits per heavy atom. The van der Waals surface area contributed by atoms with Gasteiger partial charge in [0.05, 0.1) is 39.0 Å². The van der Waals surface area contributed by atoms with Crippen molar-refractivity contribution in [2.75, 3.05) is 13.1 Å². The smallest absolute Gasteiger partial charge is 0.329 e. The van der Waals surface area contributed by atoms with Crippen LogP contribution in [0.3, 0.4) is 0 Å². The summed E-state index contributed by atoms with van der Waals surface area (Å²) in [6.07, 6.45) is -0.364. The number of urea groups is 1. The predicted molar refractivity (Wildman–Crippen MR) is 166 cm³/mol. The van der Waals surface area contributed by atoms with Gasteiger partial charge in [0.2, 0.25) is 17.7 Å². The molecular weight excluding hydrogens is 631 g/mol. The first-order valence-corrected chi connectivity index (χ1v) is 15.6. The van der Waals surface area contributed by atoms with Gasteiger partial charge in [-0.2, -0.15) is 0 Å². The lowest BCUT2D eigenvalue weighted by Crippen LogP contribution is -2.55. The minimum Gasteiger partial charge on any atom is -0.479 e. The summed E-state index contributed by atoms with van der Waals surface area (Å²) in [7, 11) is 0. The second-order valence-corrected chi connectivity index (χ2v) is 13.8. The maximum absolute atomic E-state index is 13.5. The molecule has 2 aromatic heterocycles. The molecule has 1 aromatic carbocycles. The van der Waals surface area contributed by atoms with Gasteiger partial charge in [-0.05, 0) is 56.7 Å². The number of benzene rings is 1. The molecule has 0 radical (unpaired) electrons. The van der Waals surface area contributed by atoms with Gasteiger partial charge in [0, 0.05) is 12.0 Å². The number of aliphatic carboxylic acids is 1. The van der Waals surface area contributed by atoms with Crippen molar-refractivity contribution in [2.24, 2.45) is 5.92 Å². The van der Waals surface area contributed by atoms with Crippen LogP contribution in [0.5, 0.6) is 5.88 Å². The molecule has 5 rings (SSSR count). The number of halogens is 2. The molecule has 4 amide bonds. The normalized spacial score (nSPS) is 22.9. The summed E-state index contributed by atoms with van der Waals surface area (Å²) in [5, 5.41) is 20.2. The van der Waals surface area contributed by atoms with Crippen LogP contribution in [0.2, 0.25) is 10.0 Å². The van der Waals surface area contributed by atoms with Gasteiger partial charge >= 0.3 is 12.0 Å². The van der Waals surface area contributed by atoms with E-state index in [0.29, 0.717) is 26.8 Å². The van der Waals surface area contributed by atoms with Crippen LogP contribution in [-0.4, -0.2) is 80.1 Å². The minimum atomic E-state index is -1.38. The molecule has 2 fully saturated rings. The Hall–Kier alpha value is -3.68. The molecule has 15 heteroatoms. The number of likely N-dealkylation sites (tertiary alicyclic amines) is 1. The summed E-state index contributed by atoms with van der Waals surface area (Å²) in [5.74, 6) is -2.35. The van der Waals surface area contributed by atoms with Crippen LogP contribution in [0.4, 0.5) is 4.79 Å². The molecule has 1 saturated carbocycles. The number of hydrogen-bond donors (Lipinski definition) is 4. The van der Waals surface area contributed by atoms with E-state index in [-0.39, 0.29) is 37.7 Å². The Labute approximate surface area is 267 Å². The molecule has 0 bridgehead atoms. The molecule has 4 N–H and O–H groups in total. The summed E-state index contributed by atoms with van der Waals surface area (Å²) in [5.41, 5.74) is -0.506. The van der Waals surface area contributed by atoms with Crippen LogP contribution in [0.15, 0.2) is 29.6 Å². The molecule has 1 aliphatic carbocycles. The number of carboxylic acids is 1. The van der Waals surface area contributed by atoms with Gasteiger partial charge in [-0.3, -0.25) is 9.59 Å². The number of thiophene rings is 1. The number of fused-ring (bicyclic) bond motifs is 1. The monoisotopic (exact) mass is 662 g/mol. The number of hydrogen-bond acceptors (Lipinski definition) is 8. The summed E-state index contributed by atoms with van der Waals surface area (Å²) in [6.45, 7) is 6.75. The average molecular weight is 664 g/mol. The number of ether oxygens (including phenoxy) is 1. The van der Waals surface area contributed by atoms with Gasteiger partial charge in [0.1, 0.15) is 23.4 Å². The molecule has 1 aliphatic heterocycles. The third-order valence-corrected chi connectivity index (χ3v) is 9.12. The number of rotatable bonds is 8. The third kappa shape index (κ3) is 6.69. The van der Waals surface area contributed by atoms with E-state index in [9.17, 15) is 24.3 Å². The van der Waals surface area contributed by atoms with E-state index in [2.05, 4.69) is 20.9 Å². The Kier molecular flexibility index (Phi) is 8.67. The fourth-order valence-corrected chi connectivity index (χ4v) is 6.17. The molecule has 12 nitrogen and oxygen atoms in total. The molecule has 4 atom stereocenters. The van der Waals surface area contributed by atoms with E-state index in [1.807, 2.05) is 17.5 Å². The Balaban J connectivity index is 1.41. The van der Waals surface area contributed by atoms with Crippen molar-refractivity contribution in [3.8, 4) is 16.5 Å². The highest BCUT2D eigenvalue weighted by molar-refractivity contribution is 7.13. The van der Waals surface area contributed by atoms with Crippen LogP contribution in [0, 0.1) is 5.92 Å². The first-order valence-electron chi connectivity index (χ1n) is 13.9. The van der Waals surface area contributed by atoms with Crippen molar-refractivity contribution in [1.82, 2.24) is 30.8 Å². The molecule has 0 spiro atoms. The van der Waals surface area contributed by atoms with Crippen molar-refractivity contribution >= 4 is 69.4 Å². The van der Waals surface area contributed by atoms with Gasteiger partial charge in [-0.1, -0.05) is 36.2 Å². The zero-order valence-electron chi connectivity index (χ0n) is 24.4. The van der Waals surface area contributed by atoms with E-state index in [0.717, 1.165) is 4.88 Å². The molecule has 3 aromatic rings. The van der Waals surface area contributed by atoms with E-state index in [4.69, 9.17) is 32.9 Å². The molecule has 44 heavy (non-hydrogen) atoms. The highest BCUT2D eigenvalue weighted by Gasteiger charge is 2.60. The first kappa shape index (κ1) is 31.7. The summed E-state index contributed by atoms with van der Waals surface area (Å²) < 4.78 is 6.34. The highest BCUT2D eigenvalue weighted by atomic mass is 35.5. The summed E-state index contributed by atoms with van der Waals surface area (Å²) >= 11 is 13.9. The topological polar surface area (TPSA) is 163 Å². The molecule has 1 saturated heterocycles. The van der Waals surface area contributed by atoms with Crippen LogP contribution < -0.4 is 20.7 Å². The van der Waals surface area contributed by atoms with Crippen molar-refractivity contribution in [1.29, 1.82) is 0 Å². The van der Waals surface area contributed by atoms with E-state index in [1.165, 1.54) is 16.2 Å². The Morgan fingerprint density at radius 3 is 2.39 bits per heavy atom. The maximum atomic E-state index is 13.5. The molecule has 3 heterocycles. The average Bonchev–Trinajstić information content (AvgIpc) is 3.29. The number of carbonyl (C=O) groups excluding carboxylic acids is 3. The van der Waals surface area contributed by atoms with Crippen molar-refractivity contribution in [3.05, 3.63) is 39.7 Å². The molecule has 2 aliphatic rings. The lowest BCUT2D eigenvalue weighted by molar-refractivity contribution is -0.145. The Bertz CT molecular complexity index is 1630. The first-order chi connectivity index (χ1) is 20.7. The van der Waals surface area contributed by atoms with Crippen molar-refractivity contribution < 1.29 is 29.0 Å². The lowest BCUT2D eigenvalue weighted by Gasteiger charge is -2.26. The zero-order chi connectivity index (χ0) is 32.0. The zero-order valence-corrected chi connectivity index (χ0v) is 26.8. The SMILES string of the molecule is CC1CC1(NC(=O)C1CC(Oc2nc3cc(Cl)c(Cl)cc3nc2-c2cccs2)CN1C(=O)CNC(=O)NC(C)(C)C)C(=O)O. The van der Waals surface area contributed by atoms with Gasteiger partial charge < -0.3 is 30.7 Å². The fraction of sp³-hybridized carbons (Fsp3) is 0.448. The predicted octanol–water partition coefficient (Wildman–Crippen LogP) is 4.09. The van der Waals surface area contributed by atoms with Crippen molar-refractivity contribution in [2.45, 2.75) is 63.8 Å². The lowest BCUT2D eigenvalue weighted by atomic mass is 10.1. The van der Waals surface area contributed by atoms with E-state index in [1.54, 1.807) is 39.8 Å². The van der Waals surface area contributed by atoms with Gasteiger partial charge in [-0.25, -0.2) is 19.6 Å². The Morgan fingerprint density at radius 2 is 1.82 bits per heavy atom. The van der Waals surface area contributed by atoms with Crippen LogP contribution in [0.25, 0.3) is 21.6 Å². The molecular formula is C29H32Cl2N6O6S. The maximum Gasteiger partial charge on any atom is 0.329 e. The van der Waals surface area contributed by atoms with Crippen LogP contribution in [-0.2, 0) is 14.4 Å².